The first-order valence-corrected chi connectivity index (χ1v) is 18.9. The van der Waals surface area contributed by atoms with E-state index in [1.807, 2.05) is 0 Å². The van der Waals surface area contributed by atoms with Gasteiger partial charge in [-0.15, -0.1) is 0 Å². The molecule has 0 fully saturated rings. The lowest BCUT2D eigenvalue weighted by atomic mass is 9.90. The maximum absolute atomic E-state index is 2.40. The molecule has 0 radical (unpaired) electrons. The van der Waals surface area contributed by atoms with Crippen LogP contribution in [0.4, 0.5) is 17.1 Å². The fraction of sp³-hybridized carbons (Fsp3) is 0. The van der Waals surface area contributed by atoms with E-state index in [0.717, 1.165) is 17.1 Å². The van der Waals surface area contributed by atoms with Gasteiger partial charge in [0.1, 0.15) is 0 Å². The molecule has 10 rings (SSSR count). The zero-order valence-corrected chi connectivity index (χ0v) is 30.3. The molecule has 0 bridgehead atoms. The van der Waals surface area contributed by atoms with Crippen LogP contribution in [0.1, 0.15) is 0 Å². The minimum absolute atomic E-state index is 1.09. The zero-order chi connectivity index (χ0) is 36.6. The van der Waals surface area contributed by atoms with Gasteiger partial charge in [-0.25, -0.2) is 0 Å². The van der Waals surface area contributed by atoms with Gasteiger partial charge in [0, 0.05) is 17.1 Å². The summed E-state index contributed by atoms with van der Waals surface area (Å²) in [5, 5.41) is 7.60. The molecule has 0 saturated carbocycles. The Hall–Kier alpha value is -7.22. The van der Waals surface area contributed by atoms with Gasteiger partial charge in [0.2, 0.25) is 0 Å². The summed E-state index contributed by atoms with van der Waals surface area (Å²) in [5.74, 6) is 0. The van der Waals surface area contributed by atoms with Crippen LogP contribution in [0.15, 0.2) is 224 Å². The molecular formula is C54H37N. The second-order valence-corrected chi connectivity index (χ2v) is 14.1. The lowest BCUT2D eigenvalue weighted by molar-refractivity contribution is 1.28. The Morgan fingerprint density at radius 1 is 0.218 bits per heavy atom. The molecular weight excluding hydrogens is 663 g/mol. The molecule has 0 unspecified atom stereocenters. The summed E-state index contributed by atoms with van der Waals surface area (Å²) in [6.45, 7) is 0. The summed E-state index contributed by atoms with van der Waals surface area (Å²) in [6, 6.07) is 81.5. The second kappa shape index (κ2) is 14.0. The summed E-state index contributed by atoms with van der Waals surface area (Å²) in [4.78, 5) is 2.40. The SMILES string of the molecule is c1ccc(-c2ccc(N(c3cccc(-c4cc5c6ccccc6ccc5c5ccccc45)c3)c3ccc(-c4ccccc4)c(-c4ccccc4)c3)cc2)cc1. The van der Waals surface area contributed by atoms with Crippen LogP contribution in [0.2, 0.25) is 0 Å². The van der Waals surface area contributed by atoms with Crippen molar-refractivity contribution < 1.29 is 0 Å². The Labute approximate surface area is 322 Å². The van der Waals surface area contributed by atoms with Gasteiger partial charge in [0.25, 0.3) is 0 Å². The fourth-order valence-electron chi connectivity index (χ4n) is 8.19. The van der Waals surface area contributed by atoms with Crippen molar-refractivity contribution in [2.75, 3.05) is 4.90 Å². The molecule has 0 N–H and O–H groups in total. The van der Waals surface area contributed by atoms with Crippen LogP contribution in [-0.4, -0.2) is 0 Å². The summed E-state index contributed by atoms with van der Waals surface area (Å²) in [7, 11) is 0. The average molecular weight is 700 g/mol. The van der Waals surface area contributed by atoms with Crippen molar-refractivity contribution >= 4 is 49.4 Å². The number of benzene rings is 10. The average Bonchev–Trinajstić information content (AvgIpc) is 3.27. The number of fused-ring (bicyclic) bond motifs is 5. The molecule has 0 aliphatic rings. The maximum atomic E-state index is 2.40. The van der Waals surface area contributed by atoms with Crippen LogP contribution in [0.3, 0.4) is 0 Å². The van der Waals surface area contributed by atoms with Crippen LogP contribution in [-0.2, 0) is 0 Å². The predicted octanol–water partition coefficient (Wildman–Crippen LogP) is 15.3. The Balaban J connectivity index is 1.18. The third kappa shape index (κ3) is 6.02. The van der Waals surface area contributed by atoms with E-state index in [1.165, 1.54) is 76.8 Å². The molecule has 0 spiro atoms. The molecule has 55 heavy (non-hydrogen) atoms. The van der Waals surface area contributed by atoms with Crippen LogP contribution in [0.25, 0.3) is 76.8 Å². The summed E-state index contributed by atoms with van der Waals surface area (Å²) in [6.07, 6.45) is 0. The molecule has 0 saturated heterocycles. The van der Waals surface area contributed by atoms with E-state index >= 15 is 0 Å². The lowest BCUT2D eigenvalue weighted by Gasteiger charge is -2.27. The van der Waals surface area contributed by atoms with E-state index < -0.39 is 0 Å². The topological polar surface area (TPSA) is 3.24 Å². The van der Waals surface area contributed by atoms with E-state index in [1.54, 1.807) is 0 Å². The van der Waals surface area contributed by atoms with E-state index in [-0.39, 0.29) is 0 Å². The Morgan fingerprint density at radius 3 is 1.47 bits per heavy atom. The third-order valence-corrected chi connectivity index (χ3v) is 10.8. The normalized spacial score (nSPS) is 11.3. The van der Waals surface area contributed by atoms with Gasteiger partial charge >= 0.3 is 0 Å². The standard InChI is InChI=1S/C54H37N/c1-4-15-38(16-5-1)39-27-30-44(31-28-39)55(46-32-34-48(40-17-6-2-7-18-40)52(36-46)41-19-8-3-9-20-41)45-23-14-22-43(35-45)53-37-54-47-24-11-10-21-42(47)29-33-51(54)49-25-12-13-26-50(49)53/h1-37H. The van der Waals surface area contributed by atoms with E-state index in [2.05, 4.69) is 229 Å². The van der Waals surface area contributed by atoms with Gasteiger partial charge < -0.3 is 4.90 Å². The van der Waals surface area contributed by atoms with Crippen molar-refractivity contribution in [3.63, 3.8) is 0 Å². The summed E-state index contributed by atoms with van der Waals surface area (Å²) < 4.78 is 0. The molecule has 10 aromatic carbocycles. The Bertz CT molecular complexity index is 2950. The molecule has 1 nitrogen and oxygen atoms in total. The van der Waals surface area contributed by atoms with Gasteiger partial charge in [-0.2, -0.15) is 0 Å². The zero-order valence-electron chi connectivity index (χ0n) is 30.3. The molecule has 1 heteroatoms. The number of rotatable bonds is 7. The minimum Gasteiger partial charge on any atom is -0.310 e. The highest BCUT2D eigenvalue weighted by atomic mass is 15.1. The summed E-state index contributed by atoms with van der Waals surface area (Å²) >= 11 is 0. The largest absolute Gasteiger partial charge is 0.310 e. The van der Waals surface area contributed by atoms with Crippen molar-refractivity contribution in [2.24, 2.45) is 0 Å². The molecule has 0 amide bonds. The number of anilines is 3. The van der Waals surface area contributed by atoms with Gasteiger partial charge in [-0.05, 0) is 119 Å². The molecule has 0 aliphatic carbocycles. The molecule has 0 aromatic heterocycles. The van der Waals surface area contributed by atoms with Crippen LogP contribution in [0, 0.1) is 0 Å². The quantitative estimate of drug-likeness (QED) is 0.150. The first-order chi connectivity index (χ1) is 27.3. The minimum atomic E-state index is 1.09. The monoisotopic (exact) mass is 699 g/mol. The van der Waals surface area contributed by atoms with Crippen molar-refractivity contribution in [3.8, 4) is 44.5 Å². The van der Waals surface area contributed by atoms with Gasteiger partial charge in [-0.1, -0.05) is 182 Å². The molecule has 258 valence electrons. The van der Waals surface area contributed by atoms with E-state index in [4.69, 9.17) is 0 Å². The first kappa shape index (κ1) is 32.4. The Kier molecular flexibility index (Phi) is 8.24. The van der Waals surface area contributed by atoms with Crippen LogP contribution >= 0.6 is 0 Å². The predicted molar refractivity (Wildman–Crippen MR) is 235 cm³/mol. The molecule has 0 heterocycles. The molecule has 0 atom stereocenters. The van der Waals surface area contributed by atoms with Crippen molar-refractivity contribution in [2.45, 2.75) is 0 Å². The smallest absolute Gasteiger partial charge is 0.0468 e. The summed E-state index contributed by atoms with van der Waals surface area (Å²) in [5.41, 5.74) is 12.9. The van der Waals surface area contributed by atoms with Crippen LogP contribution < -0.4 is 4.90 Å². The van der Waals surface area contributed by atoms with Gasteiger partial charge in [-0.3, -0.25) is 0 Å². The van der Waals surface area contributed by atoms with Crippen molar-refractivity contribution in [3.05, 3.63) is 224 Å². The molecule has 10 aromatic rings. The van der Waals surface area contributed by atoms with E-state index in [9.17, 15) is 0 Å². The number of hydrogen-bond acceptors (Lipinski definition) is 1. The number of nitrogens with zero attached hydrogens (tertiary/aromatic N) is 1. The highest BCUT2D eigenvalue weighted by Crippen LogP contribution is 2.44. The molecule has 0 aliphatic heterocycles. The maximum Gasteiger partial charge on any atom is 0.0468 e. The van der Waals surface area contributed by atoms with Crippen LogP contribution in [0.5, 0.6) is 0 Å². The highest BCUT2D eigenvalue weighted by molar-refractivity contribution is 6.21. The van der Waals surface area contributed by atoms with Crippen molar-refractivity contribution in [1.29, 1.82) is 0 Å². The van der Waals surface area contributed by atoms with Gasteiger partial charge in [0.15, 0.2) is 0 Å². The highest BCUT2D eigenvalue weighted by Gasteiger charge is 2.18. The second-order valence-electron chi connectivity index (χ2n) is 14.1. The third-order valence-electron chi connectivity index (χ3n) is 10.8. The van der Waals surface area contributed by atoms with Gasteiger partial charge in [0.05, 0.1) is 0 Å². The number of hydrogen-bond donors (Lipinski definition) is 0. The van der Waals surface area contributed by atoms with E-state index in [0.29, 0.717) is 0 Å². The first-order valence-electron chi connectivity index (χ1n) is 18.9. The lowest BCUT2D eigenvalue weighted by Crippen LogP contribution is -2.10. The Morgan fingerprint density at radius 2 is 0.745 bits per heavy atom. The fourth-order valence-corrected chi connectivity index (χ4v) is 8.19. The van der Waals surface area contributed by atoms with Crippen molar-refractivity contribution in [1.82, 2.24) is 0 Å².